The zero-order valence-electron chi connectivity index (χ0n) is 14.6. The van der Waals surface area contributed by atoms with E-state index in [0.29, 0.717) is 22.8 Å². The van der Waals surface area contributed by atoms with E-state index >= 15 is 0 Å². The van der Waals surface area contributed by atoms with Crippen molar-refractivity contribution in [1.29, 1.82) is 0 Å². The third-order valence-corrected chi connectivity index (χ3v) is 5.90. The van der Waals surface area contributed by atoms with Gasteiger partial charge in [-0.15, -0.1) is 0 Å². The van der Waals surface area contributed by atoms with Crippen LogP contribution >= 0.6 is 11.3 Å². The minimum Gasteiger partial charge on any atom is -0.480 e. The Morgan fingerprint density at radius 1 is 1.15 bits per heavy atom. The van der Waals surface area contributed by atoms with Crippen LogP contribution in [-0.2, 0) is 0 Å². The highest BCUT2D eigenvalue weighted by atomic mass is 32.1. The van der Waals surface area contributed by atoms with Gasteiger partial charge < -0.3 is 19.9 Å². The zero-order chi connectivity index (χ0) is 18.5. The van der Waals surface area contributed by atoms with Gasteiger partial charge in [0.1, 0.15) is 5.75 Å². The highest BCUT2D eigenvalue weighted by Gasteiger charge is 2.39. The van der Waals surface area contributed by atoms with E-state index in [4.69, 9.17) is 19.9 Å². The number of hydrogen-bond acceptors (Lipinski definition) is 6. The Morgan fingerprint density at radius 2 is 2.04 bits per heavy atom. The molecule has 1 aromatic heterocycles. The number of ketones is 1. The molecule has 0 radical (unpaired) electrons. The number of benzene rings is 2. The van der Waals surface area contributed by atoms with Gasteiger partial charge in [0.05, 0.1) is 11.6 Å². The van der Waals surface area contributed by atoms with Gasteiger partial charge in [0, 0.05) is 5.56 Å². The first-order valence-electron chi connectivity index (χ1n) is 8.65. The summed E-state index contributed by atoms with van der Waals surface area (Å²) in [5.41, 5.74) is 11.1. The van der Waals surface area contributed by atoms with Gasteiger partial charge >= 0.3 is 0 Å². The van der Waals surface area contributed by atoms with E-state index in [1.165, 1.54) is 11.1 Å². The Morgan fingerprint density at radius 3 is 2.85 bits per heavy atom. The summed E-state index contributed by atoms with van der Waals surface area (Å²) in [7, 11) is 0. The van der Waals surface area contributed by atoms with Crippen LogP contribution in [0.25, 0.3) is 11.1 Å². The van der Waals surface area contributed by atoms with Crippen LogP contribution in [0.5, 0.6) is 17.2 Å². The Labute approximate surface area is 160 Å². The van der Waals surface area contributed by atoms with Crippen LogP contribution in [0.1, 0.15) is 27.5 Å². The maximum atomic E-state index is 13.1. The van der Waals surface area contributed by atoms with E-state index in [0.717, 1.165) is 11.1 Å². The second-order valence-corrected chi connectivity index (χ2v) is 7.43. The normalized spacial score (nSPS) is 19.6. The second-order valence-electron chi connectivity index (χ2n) is 6.69. The van der Waals surface area contributed by atoms with Gasteiger partial charge in [0.15, 0.2) is 17.6 Å². The monoisotopic (exact) mass is 379 g/mol. The summed E-state index contributed by atoms with van der Waals surface area (Å²) in [6.45, 7) is 2.19. The lowest BCUT2D eigenvalue weighted by Crippen LogP contribution is -2.33. The molecule has 2 atom stereocenters. The third kappa shape index (κ3) is 2.52. The average molecular weight is 379 g/mol. The van der Waals surface area contributed by atoms with Gasteiger partial charge in [0.25, 0.3) is 0 Å². The fourth-order valence-electron chi connectivity index (χ4n) is 3.60. The lowest BCUT2D eigenvalue weighted by Gasteiger charge is -2.15. The molecule has 0 amide bonds. The molecule has 2 aromatic carbocycles. The van der Waals surface area contributed by atoms with E-state index in [-0.39, 0.29) is 12.6 Å². The largest absolute Gasteiger partial charge is 0.480 e. The number of carbonyl (C=O) groups excluding carboxylic acids is 1. The van der Waals surface area contributed by atoms with Gasteiger partial charge in [-0.25, -0.2) is 0 Å². The molecule has 2 unspecified atom stereocenters. The molecule has 0 spiro atoms. The molecule has 27 heavy (non-hydrogen) atoms. The van der Waals surface area contributed by atoms with E-state index in [1.807, 2.05) is 18.2 Å². The molecule has 2 aliphatic rings. The third-order valence-electron chi connectivity index (χ3n) is 5.04. The van der Waals surface area contributed by atoms with E-state index in [9.17, 15) is 4.79 Å². The second kappa shape index (κ2) is 6.11. The van der Waals surface area contributed by atoms with Crippen molar-refractivity contribution in [1.82, 2.24) is 0 Å². The standard InChI is InChI=1S/C21H17NO4S/c1-11-8-27-9-15(11)12-5-6-13-17(7-12)26-21(18(13)22)19(23)14-3-2-4-16-20(14)25-10-24-16/h2-9,18,21H,10,22H2,1H3. The van der Waals surface area contributed by atoms with Crippen molar-refractivity contribution in [2.75, 3.05) is 6.79 Å². The number of Topliss-reactive ketones (excluding diaryl/α,β-unsaturated/α-hetero) is 1. The number of fused-ring (bicyclic) bond motifs is 2. The van der Waals surface area contributed by atoms with Crippen LogP contribution in [0.3, 0.4) is 0 Å². The minimum atomic E-state index is -0.783. The molecule has 0 saturated carbocycles. The van der Waals surface area contributed by atoms with Crippen molar-refractivity contribution >= 4 is 17.1 Å². The number of para-hydroxylation sites is 1. The molecule has 5 rings (SSSR count). The van der Waals surface area contributed by atoms with Crippen molar-refractivity contribution in [3.63, 3.8) is 0 Å². The van der Waals surface area contributed by atoms with E-state index in [1.54, 1.807) is 29.5 Å². The predicted octanol–water partition coefficient (Wildman–Crippen LogP) is 4.10. The number of nitrogens with two attached hydrogens (primary N) is 1. The lowest BCUT2D eigenvalue weighted by atomic mass is 9.95. The first kappa shape index (κ1) is 16.4. The predicted molar refractivity (Wildman–Crippen MR) is 103 cm³/mol. The molecule has 2 aliphatic heterocycles. The highest BCUT2D eigenvalue weighted by molar-refractivity contribution is 7.08. The van der Waals surface area contributed by atoms with Crippen LogP contribution in [0, 0.1) is 6.92 Å². The Kier molecular flexibility index (Phi) is 3.70. The van der Waals surface area contributed by atoms with Gasteiger partial charge in [-0.1, -0.05) is 18.2 Å². The number of rotatable bonds is 3. The van der Waals surface area contributed by atoms with Crippen LogP contribution < -0.4 is 19.9 Å². The molecule has 0 saturated heterocycles. The summed E-state index contributed by atoms with van der Waals surface area (Å²) in [4.78, 5) is 13.1. The summed E-state index contributed by atoms with van der Waals surface area (Å²) >= 11 is 1.66. The molecule has 5 nitrogen and oxygen atoms in total. The summed E-state index contributed by atoms with van der Waals surface area (Å²) in [5.74, 6) is 1.49. The Hall–Kier alpha value is -2.83. The van der Waals surface area contributed by atoms with Crippen LogP contribution in [0.2, 0.25) is 0 Å². The molecule has 2 N–H and O–H groups in total. The molecule has 0 bridgehead atoms. The number of ether oxygens (including phenoxy) is 3. The Bertz CT molecular complexity index is 1060. The quantitative estimate of drug-likeness (QED) is 0.694. The van der Waals surface area contributed by atoms with Gasteiger partial charge in [-0.3, -0.25) is 4.79 Å². The molecule has 0 fully saturated rings. The van der Waals surface area contributed by atoms with Crippen molar-refractivity contribution in [3.8, 4) is 28.4 Å². The van der Waals surface area contributed by atoms with E-state index in [2.05, 4.69) is 17.7 Å². The maximum Gasteiger partial charge on any atom is 0.231 e. The van der Waals surface area contributed by atoms with Crippen molar-refractivity contribution < 1.29 is 19.0 Å². The van der Waals surface area contributed by atoms with Crippen LogP contribution in [-0.4, -0.2) is 18.7 Å². The summed E-state index contributed by atoms with van der Waals surface area (Å²) in [6, 6.07) is 10.7. The summed E-state index contributed by atoms with van der Waals surface area (Å²) < 4.78 is 16.8. The summed E-state index contributed by atoms with van der Waals surface area (Å²) in [6.07, 6.45) is -0.783. The fraction of sp³-hybridized carbons (Fsp3) is 0.190. The SMILES string of the molecule is Cc1cscc1-c1ccc2c(c1)OC(C(=O)c1cccc3c1OCO3)C2N. The number of hydrogen-bond donors (Lipinski definition) is 1. The van der Waals surface area contributed by atoms with Gasteiger partial charge in [-0.05, 0) is 52.6 Å². The molecule has 3 aromatic rings. The zero-order valence-corrected chi connectivity index (χ0v) is 15.4. The smallest absolute Gasteiger partial charge is 0.231 e. The first-order chi connectivity index (χ1) is 13.1. The Balaban J connectivity index is 1.48. The van der Waals surface area contributed by atoms with Gasteiger partial charge in [-0.2, -0.15) is 11.3 Å². The van der Waals surface area contributed by atoms with Crippen molar-refractivity contribution in [2.45, 2.75) is 19.1 Å². The highest BCUT2D eigenvalue weighted by Crippen LogP contribution is 2.42. The number of aryl methyl sites for hydroxylation is 1. The molecular formula is C21H17NO4S. The molecule has 6 heteroatoms. The lowest BCUT2D eigenvalue weighted by molar-refractivity contribution is 0.0790. The molecular weight excluding hydrogens is 362 g/mol. The molecule has 3 heterocycles. The number of thiophene rings is 1. The maximum absolute atomic E-state index is 13.1. The van der Waals surface area contributed by atoms with Gasteiger partial charge in [0.2, 0.25) is 12.6 Å². The van der Waals surface area contributed by atoms with E-state index < -0.39 is 12.1 Å². The first-order valence-corrected chi connectivity index (χ1v) is 9.60. The summed E-state index contributed by atoms with van der Waals surface area (Å²) in [5, 5.41) is 4.22. The topological polar surface area (TPSA) is 70.8 Å². The molecule has 136 valence electrons. The van der Waals surface area contributed by atoms with Crippen molar-refractivity contribution in [2.24, 2.45) is 5.73 Å². The number of carbonyl (C=O) groups is 1. The molecule has 0 aliphatic carbocycles. The minimum absolute atomic E-state index is 0.112. The van der Waals surface area contributed by atoms with Crippen LogP contribution in [0.15, 0.2) is 47.2 Å². The van der Waals surface area contributed by atoms with Crippen molar-refractivity contribution in [3.05, 3.63) is 63.8 Å². The fourth-order valence-corrected chi connectivity index (χ4v) is 4.46. The van der Waals surface area contributed by atoms with Crippen LogP contribution in [0.4, 0.5) is 0 Å². The average Bonchev–Trinajstić information content (AvgIpc) is 3.39.